The van der Waals surface area contributed by atoms with Gasteiger partial charge in [-0.1, -0.05) is 0 Å². The molecule has 0 aliphatic heterocycles. The Morgan fingerprint density at radius 3 is 2.69 bits per heavy atom. The normalized spacial score (nSPS) is 9.06. The number of hydrogen-bond acceptors (Lipinski definition) is 4. The molecule has 0 fully saturated rings. The Morgan fingerprint density at radius 1 is 1.38 bits per heavy atom. The summed E-state index contributed by atoms with van der Waals surface area (Å²) >= 11 is 0. The predicted octanol–water partition coefficient (Wildman–Crippen LogP) is 1.55. The van der Waals surface area contributed by atoms with Crippen LogP contribution in [0.25, 0.3) is 0 Å². The van der Waals surface area contributed by atoms with Crippen LogP contribution in [-0.4, -0.2) is 25.4 Å². The van der Waals surface area contributed by atoms with Crippen molar-refractivity contribution < 1.29 is 9.84 Å². The quantitative estimate of drug-likeness (QED) is 0.431. The number of halogens is 2. The molecule has 0 amide bonds. The van der Waals surface area contributed by atoms with E-state index in [1.165, 1.54) is 0 Å². The monoisotopic (exact) mass is 268 g/mol. The van der Waals surface area contributed by atoms with Gasteiger partial charge in [0, 0.05) is 31.5 Å². The molecular formula is C10H18Cl2N2O2. The molecule has 94 valence electrons. The van der Waals surface area contributed by atoms with Gasteiger partial charge in [0.05, 0.1) is 6.61 Å². The third-order valence-corrected chi connectivity index (χ3v) is 1.90. The van der Waals surface area contributed by atoms with Gasteiger partial charge in [-0.3, -0.25) is 0 Å². The number of anilines is 1. The van der Waals surface area contributed by atoms with E-state index < -0.39 is 0 Å². The molecule has 1 aromatic carbocycles. The summed E-state index contributed by atoms with van der Waals surface area (Å²) in [5.74, 6) is 0.268. The summed E-state index contributed by atoms with van der Waals surface area (Å²) in [4.78, 5) is 0. The molecule has 0 spiro atoms. The van der Waals surface area contributed by atoms with Gasteiger partial charge in [0.25, 0.3) is 0 Å². The van der Waals surface area contributed by atoms with Crippen LogP contribution in [0.2, 0.25) is 0 Å². The molecule has 0 unspecified atom stereocenters. The minimum Gasteiger partial charge on any atom is -0.508 e. The highest BCUT2D eigenvalue weighted by Gasteiger charge is 2.00. The summed E-state index contributed by atoms with van der Waals surface area (Å²) in [5, 5.41) is 12.6. The molecule has 0 radical (unpaired) electrons. The molecule has 0 aliphatic carbocycles. The Labute approximate surface area is 108 Å². The maximum atomic E-state index is 9.46. The largest absolute Gasteiger partial charge is 0.508 e. The second-order valence-corrected chi connectivity index (χ2v) is 3.06. The number of nitrogens with one attached hydrogen (secondary N) is 1. The Morgan fingerprint density at radius 2 is 2.06 bits per heavy atom. The van der Waals surface area contributed by atoms with Gasteiger partial charge < -0.3 is 20.9 Å². The van der Waals surface area contributed by atoms with E-state index in [0.717, 1.165) is 12.1 Å². The highest BCUT2D eigenvalue weighted by atomic mass is 35.5. The minimum absolute atomic E-state index is 0. The van der Waals surface area contributed by atoms with Crippen molar-refractivity contribution in [2.45, 2.75) is 6.54 Å². The SMILES string of the molecule is COCCNCc1cc(N)ccc1O.Cl.Cl. The number of hydrogen-bond donors (Lipinski definition) is 3. The first kappa shape index (κ1) is 17.7. The maximum Gasteiger partial charge on any atom is 0.120 e. The molecular weight excluding hydrogens is 251 g/mol. The first-order chi connectivity index (χ1) is 6.74. The number of methoxy groups -OCH3 is 1. The fraction of sp³-hybridized carbons (Fsp3) is 0.400. The van der Waals surface area contributed by atoms with E-state index >= 15 is 0 Å². The summed E-state index contributed by atoms with van der Waals surface area (Å²) in [6.07, 6.45) is 0. The smallest absolute Gasteiger partial charge is 0.120 e. The fourth-order valence-electron chi connectivity index (χ4n) is 1.14. The lowest BCUT2D eigenvalue weighted by atomic mass is 10.2. The molecule has 0 saturated heterocycles. The summed E-state index contributed by atoms with van der Waals surface area (Å²) in [6, 6.07) is 5.03. The van der Waals surface area contributed by atoms with Crippen molar-refractivity contribution in [1.29, 1.82) is 0 Å². The molecule has 0 aromatic heterocycles. The van der Waals surface area contributed by atoms with Crippen LogP contribution in [0.1, 0.15) is 5.56 Å². The highest BCUT2D eigenvalue weighted by Crippen LogP contribution is 2.19. The van der Waals surface area contributed by atoms with Crippen LogP contribution in [-0.2, 0) is 11.3 Å². The van der Waals surface area contributed by atoms with Crippen LogP contribution in [0.3, 0.4) is 0 Å². The topological polar surface area (TPSA) is 67.5 Å². The number of nitrogen functional groups attached to an aromatic ring is 1. The molecule has 4 nitrogen and oxygen atoms in total. The summed E-state index contributed by atoms with van der Waals surface area (Å²) in [6.45, 7) is 2.01. The second kappa shape index (κ2) is 9.54. The van der Waals surface area contributed by atoms with Gasteiger partial charge in [-0.15, -0.1) is 24.8 Å². The van der Waals surface area contributed by atoms with E-state index in [4.69, 9.17) is 10.5 Å². The molecule has 0 saturated carbocycles. The molecule has 1 rings (SSSR count). The Hall–Kier alpha value is -0.680. The predicted molar refractivity (Wildman–Crippen MR) is 70.6 cm³/mol. The van der Waals surface area contributed by atoms with E-state index in [9.17, 15) is 5.11 Å². The number of phenolic OH excluding ortho intramolecular Hbond substituents is 1. The van der Waals surface area contributed by atoms with Crippen molar-refractivity contribution in [1.82, 2.24) is 5.32 Å². The molecule has 6 heteroatoms. The average molecular weight is 269 g/mol. The van der Waals surface area contributed by atoms with Gasteiger partial charge in [0.15, 0.2) is 0 Å². The third kappa shape index (κ3) is 6.02. The average Bonchev–Trinajstić information content (AvgIpc) is 2.18. The molecule has 1 aromatic rings. The van der Waals surface area contributed by atoms with Crippen LogP contribution in [0.4, 0.5) is 5.69 Å². The van der Waals surface area contributed by atoms with Crippen LogP contribution in [0, 0.1) is 0 Å². The summed E-state index contributed by atoms with van der Waals surface area (Å²) in [7, 11) is 1.65. The van der Waals surface area contributed by atoms with Gasteiger partial charge in [0.1, 0.15) is 5.75 Å². The zero-order chi connectivity index (χ0) is 10.4. The van der Waals surface area contributed by atoms with E-state index in [2.05, 4.69) is 5.32 Å². The van der Waals surface area contributed by atoms with E-state index in [-0.39, 0.29) is 30.6 Å². The lowest BCUT2D eigenvalue weighted by Crippen LogP contribution is -2.18. The summed E-state index contributed by atoms with van der Waals surface area (Å²) < 4.78 is 4.88. The van der Waals surface area contributed by atoms with Crippen molar-refractivity contribution in [2.75, 3.05) is 26.0 Å². The highest BCUT2D eigenvalue weighted by molar-refractivity contribution is 5.85. The fourth-order valence-corrected chi connectivity index (χ4v) is 1.14. The number of nitrogens with two attached hydrogens (primary N) is 1. The van der Waals surface area contributed by atoms with Gasteiger partial charge in [0.2, 0.25) is 0 Å². The lowest BCUT2D eigenvalue weighted by molar-refractivity contribution is 0.199. The van der Waals surface area contributed by atoms with E-state index in [0.29, 0.717) is 18.8 Å². The van der Waals surface area contributed by atoms with Crippen LogP contribution < -0.4 is 11.1 Å². The van der Waals surface area contributed by atoms with Gasteiger partial charge in [-0.2, -0.15) is 0 Å². The van der Waals surface area contributed by atoms with Crippen LogP contribution in [0.5, 0.6) is 5.75 Å². The molecule has 0 aliphatic rings. The van der Waals surface area contributed by atoms with Crippen molar-refractivity contribution >= 4 is 30.5 Å². The first-order valence-electron chi connectivity index (χ1n) is 4.51. The van der Waals surface area contributed by atoms with Crippen LogP contribution >= 0.6 is 24.8 Å². The lowest BCUT2D eigenvalue weighted by Gasteiger charge is -2.07. The number of aromatic hydroxyl groups is 1. The Bertz CT molecular complexity index is 298. The van der Waals surface area contributed by atoms with E-state index in [1.807, 2.05) is 0 Å². The molecule has 0 atom stereocenters. The standard InChI is InChI=1S/C10H16N2O2.2ClH/c1-14-5-4-12-7-8-6-9(11)2-3-10(8)13;;/h2-3,6,12-13H,4-5,7,11H2,1H3;2*1H. The zero-order valence-electron chi connectivity index (χ0n) is 9.10. The number of rotatable bonds is 5. The third-order valence-electron chi connectivity index (χ3n) is 1.90. The molecule has 16 heavy (non-hydrogen) atoms. The van der Waals surface area contributed by atoms with Gasteiger partial charge in [-0.05, 0) is 18.2 Å². The van der Waals surface area contributed by atoms with E-state index in [1.54, 1.807) is 25.3 Å². The summed E-state index contributed by atoms with van der Waals surface area (Å²) in [5.41, 5.74) is 7.06. The number of ether oxygens (including phenoxy) is 1. The van der Waals surface area contributed by atoms with Gasteiger partial charge in [-0.25, -0.2) is 0 Å². The Balaban J connectivity index is 0. The van der Waals surface area contributed by atoms with Crippen LogP contribution in [0.15, 0.2) is 18.2 Å². The molecule has 0 bridgehead atoms. The number of benzene rings is 1. The van der Waals surface area contributed by atoms with Crippen molar-refractivity contribution in [3.8, 4) is 5.75 Å². The minimum atomic E-state index is 0. The molecule has 4 N–H and O–H groups in total. The van der Waals surface area contributed by atoms with Crippen molar-refractivity contribution in [3.05, 3.63) is 23.8 Å². The number of phenols is 1. The molecule has 0 heterocycles. The Kier molecular flexibility index (Phi) is 10.6. The van der Waals surface area contributed by atoms with Crippen molar-refractivity contribution in [3.63, 3.8) is 0 Å². The first-order valence-corrected chi connectivity index (χ1v) is 4.51. The second-order valence-electron chi connectivity index (χ2n) is 3.06. The van der Waals surface area contributed by atoms with Crippen molar-refractivity contribution in [2.24, 2.45) is 0 Å². The van der Waals surface area contributed by atoms with Gasteiger partial charge >= 0.3 is 0 Å². The zero-order valence-corrected chi connectivity index (χ0v) is 10.7. The maximum absolute atomic E-state index is 9.46.